The molecule has 5 nitrogen and oxygen atoms in total. The van der Waals surface area contributed by atoms with Crippen LogP contribution in [0.1, 0.15) is 47.3 Å². The zero-order chi connectivity index (χ0) is 18.1. The minimum absolute atomic E-state index is 0.204. The Balaban J connectivity index is 1.75. The molecule has 3 aromatic rings. The van der Waals surface area contributed by atoms with Gasteiger partial charge in [0.15, 0.2) is 0 Å². The Labute approximate surface area is 150 Å². The second-order valence-corrected chi connectivity index (χ2v) is 6.96. The van der Waals surface area contributed by atoms with Gasteiger partial charge in [-0.25, -0.2) is 9.18 Å². The molecule has 1 saturated carbocycles. The SMILES string of the molecule is O=C(O)c1ccncc1Cc1nn(CC2CCCC2)c2ccc(F)cc12. The third-order valence-corrected chi connectivity index (χ3v) is 5.19. The number of halogens is 1. The standard InChI is InChI=1S/C20H20FN3O2/c21-15-5-6-19-17(10-15)18(23-24(19)12-13-3-1-2-4-13)9-14-11-22-8-7-16(14)20(25)26/h5-8,10-11,13H,1-4,9,12H2,(H,25,26). The van der Waals surface area contributed by atoms with Crippen LogP contribution >= 0.6 is 0 Å². The molecule has 4 rings (SSSR count). The monoisotopic (exact) mass is 353 g/mol. The first kappa shape index (κ1) is 16.7. The molecule has 0 aliphatic heterocycles. The van der Waals surface area contributed by atoms with Crippen LogP contribution in [0, 0.1) is 11.7 Å². The summed E-state index contributed by atoms with van der Waals surface area (Å²) < 4.78 is 15.8. The molecule has 0 radical (unpaired) electrons. The minimum Gasteiger partial charge on any atom is -0.478 e. The third kappa shape index (κ3) is 3.19. The largest absolute Gasteiger partial charge is 0.478 e. The van der Waals surface area contributed by atoms with E-state index in [1.165, 1.54) is 50.1 Å². The van der Waals surface area contributed by atoms with Gasteiger partial charge in [-0.3, -0.25) is 9.67 Å². The van der Waals surface area contributed by atoms with Crippen LogP contribution in [0.5, 0.6) is 0 Å². The van der Waals surface area contributed by atoms with Crippen molar-refractivity contribution < 1.29 is 14.3 Å². The summed E-state index contributed by atoms with van der Waals surface area (Å²) in [6.45, 7) is 0.820. The molecule has 134 valence electrons. The van der Waals surface area contributed by atoms with Crippen LogP contribution in [-0.4, -0.2) is 25.8 Å². The van der Waals surface area contributed by atoms with Gasteiger partial charge in [0.05, 0.1) is 16.8 Å². The highest BCUT2D eigenvalue weighted by molar-refractivity contribution is 5.89. The average Bonchev–Trinajstić information content (AvgIpc) is 3.24. The number of carbonyl (C=O) groups is 1. The highest BCUT2D eigenvalue weighted by Crippen LogP contribution is 2.29. The molecule has 26 heavy (non-hydrogen) atoms. The second kappa shape index (κ2) is 6.86. The lowest BCUT2D eigenvalue weighted by Crippen LogP contribution is -2.09. The molecule has 1 N–H and O–H groups in total. The highest BCUT2D eigenvalue weighted by atomic mass is 19.1. The van der Waals surface area contributed by atoms with Crippen molar-refractivity contribution in [1.82, 2.24) is 14.8 Å². The van der Waals surface area contributed by atoms with Crippen molar-refractivity contribution in [2.24, 2.45) is 5.92 Å². The highest BCUT2D eigenvalue weighted by Gasteiger charge is 2.20. The van der Waals surface area contributed by atoms with E-state index in [1.54, 1.807) is 12.3 Å². The number of nitrogens with zero attached hydrogens (tertiary/aromatic N) is 3. The number of pyridine rings is 1. The Hall–Kier alpha value is -2.76. The maximum atomic E-state index is 13.8. The normalized spacial score (nSPS) is 15.0. The van der Waals surface area contributed by atoms with Crippen molar-refractivity contribution >= 4 is 16.9 Å². The second-order valence-electron chi connectivity index (χ2n) is 6.96. The number of carboxylic acid groups (broad SMARTS) is 1. The van der Waals surface area contributed by atoms with E-state index in [-0.39, 0.29) is 11.4 Å². The lowest BCUT2D eigenvalue weighted by molar-refractivity contribution is 0.0695. The lowest BCUT2D eigenvalue weighted by Gasteiger charge is -2.09. The molecule has 0 bridgehead atoms. The Morgan fingerprint density at radius 2 is 2.08 bits per heavy atom. The number of aromatic carboxylic acids is 1. The lowest BCUT2D eigenvalue weighted by atomic mass is 10.0. The van der Waals surface area contributed by atoms with E-state index in [9.17, 15) is 14.3 Å². The van der Waals surface area contributed by atoms with Crippen LogP contribution < -0.4 is 0 Å². The Kier molecular flexibility index (Phi) is 4.41. The number of benzene rings is 1. The Morgan fingerprint density at radius 1 is 1.27 bits per heavy atom. The van der Waals surface area contributed by atoms with Gasteiger partial charge >= 0.3 is 5.97 Å². The number of carboxylic acids is 1. The van der Waals surface area contributed by atoms with E-state index < -0.39 is 5.97 Å². The molecule has 0 unspecified atom stereocenters. The van der Waals surface area contributed by atoms with E-state index in [2.05, 4.69) is 4.98 Å². The molecule has 0 amide bonds. The summed E-state index contributed by atoms with van der Waals surface area (Å²) in [6, 6.07) is 6.18. The van der Waals surface area contributed by atoms with Gasteiger partial charge in [-0.2, -0.15) is 5.10 Å². The van der Waals surface area contributed by atoms with E-state index in [0.717, 1.165) is 17.4 Å². The molecule has 6 heteroatoms. The number of hydrogen-bond acceptors (Lipinski definition) is 3. The van der Waals surface area contributed by atoms with Crippen molar-refractivity contribution in [3.63, 3.8) is 0 Å². The number of fused-ring (bicyclic) bond motifs is 1. The first-order valence-corrected chi connectivity index (χ1v) is 8.93. The zero-order valence-electron chi connectivity index (χ0n) is 14.4. The first-order chi connectivity index (χ1) is 12.6. The molecule has 0 atom stereocenters. The number of hydrogen-bond donors (Lipinski definition) is 1. The topological polar surface area (TPSA) is 68.0 Å². The van der Waals surface area contributed by atoms with Gasteiger partial charge < -0.3 is 5.11 Å². The summed E-state index contributed by atoms with van der Waals surface area (Å²) in [5, 5.41) is 14.8. The minimum atomic E-state index is -0.997. The maximum Gasteiger partial charge on any atom is 0.336 e. The fourth-order valence-electron chi connectivity index (χ4n) is 3.88. The summed E-state index contributed by atoms with van der Waals surface area (Å²) >= 11 is 0. The van der Waals surface area contributed by atoms with Gasteiger partial charge in [-0.1, -0.05) is 12.8 Å². The predicted molar refractivity (Wildman–Crippen MR) is 95.7 cm³/mol. The van der Waals surface area contributed by atoms with Gasteiger partial charge in [-0.05, 0) is 48.6 Å². The van der Waals surface area contributed by atoms with Crippen LogP contribution in [0.15, 0.2) is 36.7 Å². The van der Waals surface area contributed by atoms with Gasteiger partial charge in [0.1, 0.15) is 5.82 Å². The molecule has 2 aromatic heterocycles. The first-order valence-electron chi connectivity index (χ1n) is 8.93. The summed E-state index contributed by atoms with van der Waals surface area (Å²) in [7, 11) is 0. The van der Waals surface area contributed by atoms with Gasteiger partial charge in [0.25, 0.3) is 0 Å². The van der Waals surface area contributed by atoms with E-state index >= 15 is 0 Å². The van der Waals surface area contributed by atoms with Crippen molar-refractivity contribution in [1.29, 1.82) is 0 Å². The van der Waals surface area contributed by atoms with Crippen molar-refractivity contribution in [3.8, 4) is 0 Å². The van der Waals surface area contributed by atoms with E-state index in [4.69, 9.17) is 5.10 Å². The predicted octanol–water partition coefficient (Wildman–Crippen LogP) is 4.05. The molecule has 1 aromatic carbocycles. The maximum absolute atomic E-state index is 13.8. The number of rotatable bonds is 5. The Morgan fingerprint density at radius 3 is 2.85 bits per heavy atom. The van der Waals surface area contributed by atoms with Crippen LogP contribution in [0.25, 0.3) is 10.9 Å². The van der Waals surface area contributed by atoms with Crippen LogP contribution in [0.4, 0.5) is 4.39 Å². The summed E-state index contributed by atoms with van der Waals surface area (Å²) in [6.07, 6.45) is 8.22. The molecule has 2 heterocycles. The molecule has 1 fully saturated rings. The summed E-state index contributed by atoms with van der Waals surface area (Å²) in [5.41, 5.74) is 2.37. The third-order valence-electron chi connectivity index (χ3n) is 5.19. The average molecular weight is 353 g/mol. The molecule has 1 aliphatic rings. The zero-order valence-corrected chi connectivity index (χ0v) is 14.4. The van der Waals surface area contributed by atoms with E-state index in [1.807, 2.05) is 4.68 Å². The van der Waals surface area contributed by atoms with Crippen LogP contribution in [0.2, 0.25) is 0 Å². The quantitative estimate of drug-likeness (QED) is 0.751. The van der Waals surface area contributed by atoms with Crippen molar-refractivity contribution in [2.75, 3.05) is 0 Å². The van der Waals surface area contributed by atoms with E-state index in [0.29, 0.717) is 23.6 Å². The Bertz CT molecular complexity index is 961. The summed E-state index contributed by atoms with van der Waals surface area (Å²) in [5.74, 6) is -0.712. The molecule has 1 aliphatic carbocycles. The molecule has 0 saturated heterocycles. The van der Waals surface area contributed by atoms with Crippen LogP contribution in [-0.2, 0) is 13.0 Å². The fourth-order valence-corrected chi connectivity index (χ4v) is 3.88. The summed E-state index contributed by atoms with van der Waals surface area (Å²) in [4.78, 5) is 15.5. The van der Waals surface area contributed by atoms with Crippen molar-refractivity contribution in [3.05, 3.63) is 59.3 Å². The fraction of sp³-hybridized carbons (Fsp3) is 0.350. The van der Waals surface area contributed by atoms with Gasteiger partial charge in [-0.15, -0.1) is 0 Å². The molecular formula is C20H20FN3O2. The number of aromatic nitrogens is 3. The van der Waals surface area contributed by atoms with Gasteiger partial charge in [0, 0.05) is 30.7 Å². The van der Waals surface area contributed by atoms with Crippen molar-refractivity contribution in [2.45, 2.75) is 38.6 Å². The molecule has 0 spiro atoms. The van der Waals surface area contributed by atoms with Crippen LogP contribution in [0.3, 0.4) is 0 Å². The molecular weight excluding hydrogens is 333 g/mol. The smallest absolute Gasteiger partial charge is 0.336 e. The van der Waals surface area contributed by atoms with Gasteiger partial charge in [0.2, 0.25) is 0 Å².